The van der Waals surface area contributed by atoms with Gasteiger partial charge < -0.3 is 14.7 Å². The molecule has 1 fully saturated rings. The number of hydrogen-bond acceptors (Lipinski definition) is 5. The van der Waals surface area contributed by atoms with E-state index in [9.17, 15) is 4.79 Å². The van der Waals surface area contributed by atoms with E-state index in [1.807, 2.05) is 6.07 Å². The van der Waals surface area contributed by atoms with E-state index in [2.05, 4.69) is 9.88 Å². The molecule has 2 rings (SSSR count). The summed E-state index contributed by atoms with van der Waals surface area (Å²) in [4.78, 5) is 17.0. The number of anilines is 1. The van der Waals surface area contributed by atoms with Crippen LogP contribution in [0, 0.1) is 0 Å². The minimum atomic E-state index is 0.0783. The molecule has 0 radical (unpaired) electrons. The predicted octanol–water partition coefficient (Wildman–Crippen LogP) is 0.872. The second-order valence-corrected chi connectivity index (χ2v) is 4.35. The average molecular weight is 250 g/mol. The zero-order chi connectivity index (χ0) is 12.8. The molecule has 0 amide bonds. The van der Waals surface area contributed by atoms with Crippen LogP contribution in [0.25, 0.3) is 0 Å². The van der Waals surface area contributed by atoms with Crippen molar-refractivity contribution < 1.29 is 14.6 Å². The number of aliphatic hydroxyl groups is 1. The number of rotatable bonds is 5. The number of hydrogen-bond donors (Lipinski definition) is 1. The molecule has 1 aromatic rings. The molecule has 98 valence electrons. The fourth-order valence-electron chi connectivity index (χ4n) is 2.13. The van der Waals surface area contributed by atoms with E-state index in [-0.39, 0.29) is 12.7 Å². The number of nitrogens with zero attached hydrogens (tertiary/aromatic N) is 2. The lowest BCUT2D eigenvalue weighted by Gasteiger charge is -2.32. The number of aliphatic hydroxyl groups excluding tert-OH is 1. The fraction of sp³-hybridized carbons (Fsp3) is 0.538. The Labute approximate surface area is 106 Å². The van der Waals surface area contributed by atoms with Crippen LogP contribution in [0.3, 0.4) is 0 Å². The third-order valence-corrected chi connectivity index (χ3v) is 3.12. The largest absolute Gasteiger partial charge is 0.394 e. The third kappa shape index (κ3) is 3.27. The van der Waals surface area contributed by atoms with Gasteiger partial charge in [0.25, 0.3) is 0 Å². The summed E-state index contributed by atoms with van der Waals surface area (Å²) in [6, 6.07) is 3.66. The molecule has 0 atom stereocenters. The summed E-state index contributed by atoms with van der Waals surface area (Å²) in [5.74, 6) is 0.904. The Morgan fingerprint density at radius 1 is 1.44 bits per heavy atom. The lowest BCUT2D eigenvalue weighted by Crippen LogP contribution is -2.37. The number of aldehydes is 1. The quantitative estimate of drug-likeness (QED) is 0.786. The van der Waals surface area contributed by atoms with Crippen molar-refractivity contribution >= 4 is 12.1 Å². The maximum absolute atomic E-state index is 10.5. The lowest BCUT2D eigenvalue weighted by molar-refractivity contribution is 0.0158. The highest BCUT2D eigenvalue weighted by Crippen LogP contribution is 2.19. The molecule has 1 aliphatic rings. The maximum Gasteiger partial charge on any atom is 0.151 e. The molecule has 5 nitrogen and oxygen atoms in total. The molecular formula is C13H18N2O3. The van der Waals surface area contributed by atoms with E-state index >= 15 is 0 Å². The molecule has 0 aromatic carbocycles. The van der Waals surface area contributed by atoms with E-state index in [1.54, 1.807) is 12.3 Å². The van der Waals surface area contributed by atoms with Gasteiger partial charge in [0.15, 0.2) is 6.29 Å². The summed E-state index contributed by atoms with van der Waals surface area (Å²) in [6.07, 6.45) is 4.51. The fourth-order valence-corrected chi connectivity index (χ4v) is 2.13. The summed E-state index contributed by atoms with van der Waals surface area (Å²) in [6.45, 7) is 2.28. The molecule has 1 N–H and O–H groups in total. The highest BCUT2D eigenvalue weighted by atomic mass is 16.5. The standard InChI is InChI=1S/C13H18N2O3/c16-7-8-18-12-3-5-15(6-4-12)13-2-1-11(10-17)9-14-13/h1-2,9-10,12,16H,3-8H2. The van der Waals surface area contributed by atoms with Gasteiger partial charge in [-0.1, -0.05) is 0 Å². The van der Waals surface area contributed by atoms with Crippen LogP contribution in [-0.2, 0) is 4.74 Å². The van der Waals surface area contributed by atoms with Crippen molar-refractivity contribution in [2.75, 3.05) is 31.2 Å². The summed E-state index contributed by atoms with van der Waals surface area (Å²) in [5, 5.41) is 8.70. The SMILES string of the molecule is O=Cc1ccc(N2CCC(OCCO)CC2)nc1. The number of pyridine rings is 1. The first-order chi connectivity index (χ1) is 8.83. The van der Waals surface area contributed by atoms with Gasteiger partial charge in [-0.2, -0.15) is 0 Å². The second kappa shape index (κ2) is 6.47. The van der Waals surface area contributed by atoms with Crippen LogP contribution < -0.4 is 4.90 Å². The highest BCUT2D eigenvalue weighted by Gasteiger charge is 2.20. The number of piperidine rings is 1. The molecule has 0 spiro atoms. The Hall–Kier alpha value is -1.46. The third-order valence-electron chi connectivity index (χ3n) is 3.12. The molecule has 2 heterocycles. The number of aromatic nitrogens is 1. The Kier molecular flexibility index (Phi) is 4.66. The van der Waals surface area contributed by atoms with Gasteiger partial charge >= 0.3 is 0 Å². The van der Waals surface area contributed by atoms with Gasteiger partial charge in [0.05, 0.1) is 19.3 Å². The van der Waals surface area contributed by atoms with E-state index in [0.717, 1.165) is 38.0 Å². The zero-order valence-corrected chi connectivity index (χ0v) is 10.3. The molecule has 1 aliphatic heterocycles. The predicted molar refractivity (Wildman–Crippen MR) is 67.9 cm³/mol. The second-order valence-electron chi connectivity index (χ2n) is 4.35. The van der Waals surface area contributed by atoms with E-state index in [1.165, 1.54) is 0 Å². The van der Waals surface area contributed by atoms with Gasteiger partial charge in [-0.25, -0.2) is 4.98 Å². The van der Waals surface area contributed by atoms with Crippen molar-refractivity contribution in [3.8, 4) is 0 Å². The Bertz CT molecular complexity index is 372. The summed E-state index contributed by atoms with van der Waals surface area (Å²) >= 11 is 0. The van der Waals surface area contributed by atoms with Crippen LogP contribution in [0.15, 0.2) is 18.3 Å². The average Bonchev–Trinajstić information content (AvgIpc) is 2.46. The van der Waals surface area contributed by atoms with Crippen LogP contribution >= 0.6 is 0 Å². The van der Waals surface area contributed by atoms with Crippen LogP contribution in [0.4, 0.5) is 5.82 Å². The van der Waals surface area contributed by atoms with E-state index < -0.39 is 0 Å². The number of carbonyl (C=O) groups excluding carboxylic acids is 1. The summed E-state index contributed by atoms with van der Waals surface area (Å²) in [5.41, 5.74) is 0.597. The van der Waals surface area contributed by atoms with Crippen LogP contribution in [0.5, 0.6) is 0 Å². The minimum absolute atomic E-state index is 0.0783. The molecule has 1 aromatic heterocycles. The molecule has 5 heteroatoms. The molecule has 18 heavy (non-hydrogen) atoms. The summed E-state index contributed by atoms with van der Waals surface area (Å²) in [7, 11) is 0. The van der Waals surface area contributed by atoms with Crippen molar-refractivity contribution in [2.45, 2.75) is 18.9 Å². The van der Waals surface area contributed by atoms with Crippen LogP contribution in [-0.4, -0.2) is 48.8 Å². The normalized spacial score (nSPS) is 16.8. The van der Waals surface area contributed by atoms with Gasteiger partial charge in [0.1, 0.15) is 5.82 Å². The molecule has 0 aliphatic carbocycles. The van der Waals surface area contributed by atoms with Crippen molar-refractivity contribution in [3.63, 3.8) is 0 Å². The minimum Gasteiger partial charge on any atom is -0.394 e. The number of carbonyl (C=O) groups is 1. The zero-order valence-electron chi connectivity index (χ0n) is 10.3. The number of ether oxygens (including phenoxy) is 1. The van der Waals surface area contributed by atoms with Gasteiger partial charge in [0, 0.05) is 24.8 Å². The van der Waals surface area contributed by atoms with Crippen LogP contribution in [0.2, 0.25) is 0 Å². The highest BCUT2D eigenvalue weighted by molar-refractivity contribution is 5.74. The molecular weight excluding hydrogens is 232 g/mol. The van der Waals surface area contributed by atoms with Gasteiger partial charge in [-0.05, 0) is 25.0 Å². The topological polar surface area (TPSA) is 62.7 Å². The lowest BCUT2D eigenvalue weighted by atomic mass is 10.1. The first kappa shape index (κ1) is 13.0. The molecule has 0 unspecified atom stereocenters. The van der Waals surface area contributed by atoms with Crippen molar-refractivity contribution in [3.05, 3.63) is 23.9 Å². The first-order valence-electron chi connectivity index (χ1n) is 6.22. The van der Waals surface area contributed by atoms with E-state index in [4.69, 9.17) is 9.84 Å². The maximum atomic E-state index is 10.5. The van der Waals surface area contributed by atoms with E-state index in [0.29, 0.717) is 12.2 Å². The molecule has 1 saturated heterocycles. The van der Waals surface area contributed by atoms with Gasteiger partial charge in [-0.3, -0.25) is 4.79 Å². The Balaban J connectivity index is 1.86. The monoisotopic (exact) mass is 250 g/mol. The van der Waals surface area contributed by atoms with Crippen molar-refractivity contribution in [1.29, 1.82) is 0 Å². The van der Waals surface area contributed by atoms with Crippen molar-refractivity contribution in [2.24, 2.45) is 0 Å². The Morgan fingerprint density at radius 3 is 2.78 bits per heavy atom. The van der Waals surface area contributed by atoms with Gasteiger partial charge in [0.2, 0.25) is 0 Å². The van der Waals surface area contributed by atoms with Crippen molar-refractivity contribution in [1.82, 2.24) is 4.98 Å². The Morgan fingerprint density at radius 2 is 2.22 bits per heavy atom. The molecule has 0 bridgehead atoms. The smallest absolute Gasteiger partial charge is 0.151 e. The van der Waals surface area contributed by atoms with Crippen LogP contribution in [0.1, 0.15) is 23.2 Å². The molecule has 0 saturated carbocycles. The van der Waals surface area contributed by atoms with Gasteiger partial charge in [-0.15, -0.1) is 0 Å². The summed E-state index contributed by atoms with van der Waals surface area (Å²) < 4.78 is 5.51. The first-order valence-corrected chi connectivity index (χ1v) is 6.22.